The molecule has 400 valence electrons. The van der Waals surface area contributed by atoms with Crippen molar-refractivity contribution in [2.75, 3.05) is 0 Å². The van der Waals surface area contributed by atoms with Crippen LogP contribution in [-0.2, 0) is 10.8 Å². The third-order valence-electron chi connectivity index (χ3n) is 17.9. The highest BCUT2D eigenvalue weighted by molar-refractivity contribution is 6.51. The normalized spacial score (nSPS) is 13.8. The van der Waals surface area contributed by atoms with Gasteiger partial charge in [0.1, 0.15) is 28.2 Å². The molecular weight excluding hydrogens is 1010 g/mol. The molecule has 0 unspecified atom stereocenters. The second-order valence-electron chi connectivity index (χ2n) is 27.6. The number of rotatable bonds is 2. The summed E-state index contributed by atoms with van der Waals surface area (Å²) < 4.78 is 16.8. The van der Waals surface area contributed by atoms with E-state index in [4.69, 9.17) is 29.4 Å². The first kappa shape index (κ1) is 47.8. The molecule has 0 aliphatic heterocycles. The molecule has 10 heteroatoms. The summed E-state index contributed by atoms with van der Waals surface area (Å²) in [6.07, 6.45) is 0. The summed E-state index contributed by atoms with van der Waals surface area (Å²) in [7, 11) is 0. The van der Waals surface area contributed by atoms with Gasteiger partial charge in [0.15, 0.2) is 22.6 Å². The molecule has 18 rings (SSSR count). The molecule has 12 aromatic carbocycles. The van der Waals surface area contributed by atoms with E-state index in [1.165, 1.54) is 86.5 Å². The van der Waals surface area contributed by atoms with Gasteiger partial charge in [0.25, 0.3) is 11.1 Å². The van der Waals surface area contributed by atoms with Gasteiger partial charge in [-0.15, -0.1) is 0 Å². The topological polar surface area (TPSA) is 113 Å². The van der Waals surface area contributed by atoms with Crippen molar-refractivity contribution in [3.05, 3.63) is 140 Å². The average Bonchev–Trinajstić information content (AvgIpc) is 1.55. The maximum Gasteiger partial charge on any atom is 0.266 e. The van der Waals surface area contributed by atoms with E-state index in [0.717, 1.165) is 87.8 Å². The highest BCUT2D eigenvalue weighted by atomic mass is 16.5. The Bertz CT molecular complexity index is 5810. The first-order valence-corrected chi connectivity index (χ1v) is 28.6. The Hall–Kier alpha value is -9.02. The largest absolute Gasteiger partial charge is 0.487 e. The first-order chi connectivity index (χ1) is 38.8. The van der Waals surface area contributed by atoms with Gasteiger partial charge in [-0.2, -0.15) is 0 Å². The van der Waals surface area contributed by atoms with Crippen LogP contribution in [0.5, 0.6) is 11.5 Å². The molecule has 0 aliphatic rings. The van der Waals surface area contributed by atoms with Crippen molar-refractivity contribution in [2.24, 2.45) is 0 Å². The van der Waals surface area contributed by atoms with E-state index in [2.05, 4.69) is 170 Å². The Morgan fingerprint density at radius 1 is 0.354 bits per heavy atom. The summed E-state index contributed by atoms with van der Waals surface area (Å²) >= 11 is 0. The maximum absolute atomic E-state index is 14.5. The molecule has 6 aromatic heterocycles. The first-order valence-electron chi connectivity index (χ1n) is 28.6. The maximum atomic E-state index is 14.5. The third-order valence-corrected chi connectivity index (χ3v) is 17.9. The minimum Gasteiger partial charge on any atom is -0.487 e. The fourth-order valence-electron chi connectivity index (χ4n) is 14.6. The molecule has 0 bridgehead atoms. The Labute approximate surface area is 469 Å². The number of pyridine rings is 2. The van der Waals surface area contributed by atoms with E-state index < -0.39 is 0 Å². The van der Waals surface area contributed by atoms with E-state index in [-0.39, 0.29) is 33.2 Å². The highest BCUT2D eigenvalue weighted by Gasteiger charge is 2.33. The number of fused-ring (bicyclic) bond motifs is 14. The van der Waals surface area contributed by atoms with Crippen molar-refractivity contribution < 1.29 is 9.47 Å². The molecule has 0 saturated carbocycles. The average molecular weight is 1070 g/mol. The summed E-state index contributed by atoms with van der Waals surface area (Å²) in [6.45, 7) is 29.6. The lowest BCUT2D eigenvalue weighted by molar-refractivity contribution is 0.133. The van der Waals surface area contributed by atoms with Gasteiger partial charge in [-0.1, -0.05) is 77.9 Å². The minimum absolute atomic E-state index is 0.0371. The van der Waals surface area contributed by atoms with Crippen LogP contribution in [0.2, 0.25) is 0 Å². The van der Waals surface area contributed by atoms with Crippen molar-refractivity contribution in [1.29, 1.82) is 0 Å². The number of aryl methyl sites for hydroxylation is 2. The molecule has 0 saturated heterocycles. The molecule has 0 spiro atoms. The molecule has 0 fully saturated rings. The summed E-state index contributed by atoms with van der Waals surface area (Å²) in [5.41, 5.74) is 7.16. The number of hydrogen-bond donors (Lipinski definition) is 0. The molecule has 0 amide bonds. The summed E-state index contributed by atoms with van der Waals surface area (Å²) in [4.78, 5) is 49.0. The van der Waals surface area contributed by atoms with Crippen LogP contribution in [0.15, 0.2) is 107 Å². The zero-order chi connectivity index (χ0) is 56.7. The smallest absolute Gasteiger partial charge is 0.266 e. The Morgan fingerprint density at radius 3 is 1.23 bits per heavy atom. The van der Waals surface area contributed by atoms with Gasteiger partial charge in [-0.25, -0.2) is 24.3 Å². The van der Waals surface area contributed by atoms with E-state index >= 15 is 0 Å². The fourth-order valence-corrected chi connectivity index (χ4v) is 14.6. The van der Waals surface area contributed by atoms with Crippen LogP contribution in [0.3, 0.4) is 0 Å². The molecule has 6 heterocycles. The zero-order valence-electron chi connectivity index (χ0n) is 48.6. The van der Waals surface area contributed by atoms with Crippen LogP contribution in [0, 0.1) is 13.8 Å². The molecule has 18 aromatic rings. The van der Waals surface area contributed by atoms with Crippen molar-refractivity contribution >= 4 is 163 Å². The number of imidazole rings is 2. The van der Waals surface area contributed by atoms with Crippen molar-refractivity contribution in [2.45, 2.75) is 119 Å². The SMILES string of the molecule is Cc1cc2c3c(=O)n4c5ccc(C(C)(C)C)nc5nc4c3c3cc(OC(C)(C)C)c4ccc5ccc1c1c5c4c3c21.Cc1cc2c3c(=O)n4c5nc(C(C)(C)C)ccc5nc4c3c3cc(OC(C)(C)C)c4ccc5ccc1c1c5c4c3c21. The summed E-state index contributed by atoms with van der Waals surface area (Å²) in [5.74, 6) is 1.67. The van der Waals surface area contributed by atoms with Crippen molar-refractivity contribution in [3.8, 4) is 11.5 Å². The van der Waals surface area contributed by atoms with Gasteiger partial charge >= 0.3 is 0 Å². The molecule has 0 radical (unpaired) electrons. The van der Waals surface area contributed by atoms with Gasteiger partial charge in [-0.3, -0.25) is 14.0 Å². The number of aromatic nitrogens is 6. The molecule has 10 nitrogen and oxygen atoms in total. The monoisotopic (exact) mass is 1070 g/mol. The lowest BCUT2D eigenvalue weighted by Gasteiger charge is -2.23. The second-order valence-corrected chi connectivity index (χ2v) is 27.6. The standard InChI is InChI=1S/2C36H29N3O2/c1-16-14-20-28-26-18(16)10-8-17-9-11-19-23(41-36(5,6)7)15-21(29(28)27(19)25(17)26)30-31(20)34(40)39-22-12-13-24(35(2,3)4)37-32(22)38-33(30)39;1-16-14-20-28-26-18(16)10-8-17-9-11-19-23(41-36(5,6)7)15-21(29(28)27(19)25(17)26)30-31(20)34(40)39-32-22(37-33(30)39)12-13-24(38-32)35(2,3)4/h2*8-15H,1-7H3. The molecule has 0 N–H and O–H groups in total. The second kappa shape index (κ2) is 14.7. The predicted octanol–water partition coefficient (Wildman–Crippen LogP) is 17.4. The van der Waals surface area contributed by atoms with Crippen LogP contribution in [0.25, 0.3) is 163 Å². The number of nitrogens with zero attached hydrogens (tertiary/aromatic N) is 6. The fraction of sp³-hybridized carbons (Fsp3) is 0.250. The zero-order valence-corrected chi connectivity index (χ0v) is 48.6. The molecular formula is C72H58N6O4. The number of benzene rings is 10. The molecule has 0 aliphatic carbocycles. The number of ether oxygens (including phenoxy) is 2. The van der Waals surface area contributed by atoms with E-state index in [9.17, 15) is 9.59 Å². The Morgan fingerprint density at radius 2 is 0.756 bits per heavy atom. The van der Waals surface area contributed by atoms with Crippen molar-refractivity contribution in [1.82, 2.24) is 28.7 Å². The summed E-state index contributed by atoms with van der Waals surface area (Å²) in [5, 5.41) is 26.6. The lowest BCUT2D eigenvalue weighted by atomic mass is 9.92. The molecule has 82 heavy (non-hydrogen) atoms. The summed E-state index contributed by atoms with van der Waals surface area (Å²) in [6, 6.07) is 34.5. The number of hydrogen-bond acceptors (Lipinski definition) is 8. The van der Waals surface area contributed by atoms with E-state index in [0.29, 0.717) is 22.6 Å². The highest BCUT2D eigenvalue weighted by Crippen LogP contribution is 2.56. The van der Waals surface area contributed by atoms with Gasteiger partial charge in [-0.05, 0) is 213 Å². The Kier molecular flexibility index (Phi) is 8.57. The van der Waals surface area contributed by atoms with Gasteiger partial charge < -0.3 is 9.47 Å². The Balaban J connectivity index is 0.000000130. The van der Waals surface area contributed by atoms with Gasteiger partial charge in [0.2, 0.25) is 0 Å². The van der Waals surface area contributed by atoms with E-state index in [1.807, 2.05) is 24.3 Å². The predicted molar refractivity (Wildman–Crippen MR) is 341 cm³/mol. The van der Waals surface area contributed by atoms with Crippen LogP contribution < -0.4 is 20.6 Å². The van der Waals surface area contributed by atoms with Gasteiger partial charge in [0.05, 0.1) is 16.3 Å². The van der Waals surface area contributed by atoms with Gasteiger partial charge in [0, 0.05) is 54.5 Å². The van der Waals surface area contributed by atoms with Crippen LogP contribution in [0.4, 0.5) is 0 Å². The lowest BCUT2D eigenvalue weighted by Crippen LogP contribution is -2.23. The van der Waals surface area contributed by atoms with Crippen LogP contribution >= 0.6 is 0 Å². The quantitative estimate of drug-likeness (QED) is 0.157. The van der Waals surface area contributed by atoms with Crippen molar-refractivity contribution in [3.63, 3.8) is 0 Å². The van der Waals surface area contributed by atoms with Crippen LogP contribution in [-0.4, -0.2) is 39.9 Å². The van der Waals surface area contributed by atoms with E-state index in [1.54, 1.807) is 8.80 Å². The van der Waals surface area contributed by atoms with Crippen LogP contribution in [0.1, 0.15) is 106 Å². The molecule has 0 atom stereocenters. The third kappa shape index (κ3) is 5.89. The minimum atomic E-state index is -0.386.